The first-order valence-electron chi connectivity index (χ1n) is 7.00. The zero-order chi connectivity index (χ0) is 13.8. The molecule has 2 aromatic rings. The van der Waals surface area contributed by atoms with E-state index in [1.165, 1.54) is 18.4 Å². The molecule has 3 heteroatoms. The molecule has 0 unspecified atom stereocenters. The van der Waals surface area contributed by atoms with Crippen molar-refractivity contribution in [2.24, 2.45) is 0 Å². The van der Waals surface area contributed by atoms with Gasteiger partial charge in [-0.2, -0.15) is 0 Å². The fourth-order valence-corrected chi connectivity index (χ4v) is 2.50. The predicted molar refractivity (Wildman–Crippen MR) is 84.8 cm³/mol. The normalized spacial score (nSPS) is 14.2. The lowest BCUT2D eigenvalue weighted by Gasteiger charge is -2.12. The van der Waals surface area contributed by atoms with E-state index >= 15 is 0 Å². The molecule has 3 rings (SSSR count). The summed E-state index contributed by atoms with van der Waals surface area (Å²) in [7, 11) is 0. The third-order valence-corrected chi connectivity index (χ3v) is 4.25. The molecule has 0 heterocycles. The second-order valence-corrected chi connectivity index (χ2v) is 6.00. The maximum absolute atomic E-state index is 5.99. The predicted octanol–water partition coefficient (Wildman–Crippen LogP) is 4.28. The van der Waals surface area contributed by atoms with Crippen molar-refractivity contribution in [3.8, 4) is 5.75 Å². The Balaban J connectivity index is 1.65. The van der Waals surface area contributed by atoms with Crippen LogP contribution in [0.2, 0.25) is 0 Å². The number of nitrogens with one attached hydrogen (secondary N) is 1. The van der Waals surface area contributed by atoms with Crippen molar-refractivity contribution in [2.75, 3.05) is 0 Å². The van der Waals surface area contributed by atoms with Crippen LogP contribution in [0.4, 0.5) is 0 Å². The summed E-state index contributed by atoms with van der Waals surface area (Å²) >= 11 is 3.55. The van der Waals surface area contributed by atoms with Gasteiger partial charge in [0.1, 0.15) is 12.4 Å². The van der Waals surface area contributed by atoms with Crippen LogP contribution in [0.5, 0.6) is 5.75 Å². The zero-order valence-corrected chi connectivity index (χ0v) is 12.9. The van der Waals surface area contributed by atoms with Gasteiger partial charge in [0.15, 0.2) is 0 Å². The van der Waals surface area contributed by atoms with Crippen LogP contribution < -0.4 is 10.1 Å². The van der Waals surface area contributed by atoms with Crippen molar-refractivity contribution < 1.29 is 4.74 Å². The Hall–Kier alpha value is -1.32. The van der Waals surface area contributed by atoms with Crippen molar-refractivity contribution in [1.82, 2.24) is 5.32 Å². The Morgan fingerprint density at radius 3 is 2.45 bits per heavy atom. The summed E-state index contributed by atoms with van der Waals surface area (Å²) in [6.07, 6.45) is 2.61. The van der Waals surface area contributed by atoms with Gasteiger partial charge in [0.2, 0.25) is 0 Å². The molecule has 0 aliphatic heterocycles. The van der Waals surface area contributed by atoms with Gasteiger partial charge >= 0.3 is 0 Å². The van der Waals surface area contributed by atoms with E-state index in [1.54, 1.807) is 0 Å². The molecule has 1 N–H and O–H groups in total. The van der Waals surface area contributed by atoms with E-state index in [-0.39, 0.29) is 0 Å². The molecule has 0 radical (unpaired) electrons. The van der Waals surface area contributed by atoms with E-state index in [0.29, 0.717) is 12.6 Å². The van der Waals surface area contributed by atoms with Crippen LogP contribution in [-0.2, 0) is 13.2 Å². The number of hydrogen-bond donors (Lipinski definition) is 1. The highest BCUT2D eigenvalue weighted by atomic mass is 79.9. The first-order valence-corrected chi connectivity index (χ1v) is 7.80. The number of hydrogen-bond acceptors (Lipinski definition) is 2. The van der Waals surface area contributed by atoms with Crippen LogP contribution in [0.15, 0.2) is 53.0 Å². The smallest absolute Gasteiger partial charge is 0.124 e. The van der Waals surface area contributed by atoms with E-state index in [0.717, 1.165) is 22.3 Å². The van der Waals surface area contributed by atoms with Gasteiger partial charge in [-0.3, -0.25) is 0 Å². The number of halogens is 1. The van der Waals surface area contributed by atoms with Crippen molar-refractivity contribution in [3.63, 3.8) is 0 Å². The molecule has 104 valence electrons. The van der Waals surface area contributed by atoms with Gasteiger partial charge in [0, 0.05) is 28.2 Å². The highest BCUT2D eigenvalue weighted by Gasteiger charge is 2.20. The zero-order valence-electron chi connectivity index (χ0n) is 11.3. The van der Waals surface area contributed by atoms with E-state index < -0.39 is 0 Å². The maximum Gasteiger partial charge on any atom is 0.124 e. The minimum atomic E-state index is 0.585. The second-order valence-electron chi connectivity index (χ2n) is 5.14. The number of ether oxygens (including phenoxy) is 1. The van der Waals surface area contributed by atoms with Gasteiger partial charge in [0.25, 0.3) is 0 Å². The molecule has 20 heavy (non-hydrogen) atoms. The van der Waals surface area contributed by atoms with Crippen molar-refractivity contribution in [1.29, 1.82) is 0 Å². The third kappa shape index (κ3) is 3.62. The van der Waals surface area contributed by atoms with Gasteiger partial charge in [0.05, 0.1) is 0 Å². The van der Waals surface area contributed by atoms with Crippen LogP contribution in [0.3, 0.4) is 0 Å². The van der Waals surface area contributed by atoms with Gasteiger partial charge in [-0.05, 0) is 25.0 Å². The molecule has 1 fully saturated rings. The van der Waals surface area contributed by atoms with Gasteiger partial charge in [-0.25, -0.2) is 0 Å². The molecule has 0 saturated heterocycles. The molecular weight excluding hydrogens is 314 g/mol. The summed E-state index contributed by atoms with van der Waals surface area (Å²) in [5, 5.41) is 3.53. The van der Waals surface area contributed by atoms with E-state index in [9.17, 15) is 0 Å². The number of rotatable bonds is 6. The largest absolute Gasteiger partial charge is 0.489 e. The Morgan fingerprint density at radius 1 is 1.00 bits per heavy atom. The number of para-hydroxylation sites is 1. The lowest BCUT2D eigenvalue weighted by molar-refractivity contribution is 0.301. The molecular formula is C17H18BrNO. The summed E-state index contributed by atoms with van der Waals surface area (Å²) in [6.45, 7) is 1.47. The Kier molecular flexibility index (Phi) is 4.38. The van der Waals surface area contributed by atoms with Crippen molar-refractivity contribution >= 4 is 15.9 Å². The standard InChI is InChI=1S/C17H18BrNO/c18-16-7-3-1-6-14(16)12-20-17-8-4-2-5-13(17)11-19-15-9-10-15/h1-8,15,19H,9-12H2. The summed E-state index contributed by atoms with van der Waals surface area (Å²) in [4.78, 5) is 0. The topological polar surface area (TPSA) is 21.3 Å². The number of benzene rings is 2. The minimum absolute atomic E-state index is 0.585. The summed E-state index contributed by atoms with van der Waals surface area (Å²) < 4.78 is 7.08. The molecule has 0 aromatic heterocycles. The third-order valence-electron chi connectivity index (χ3n) is 3.47. The monoisotopic (exact) mass is 331 g/mol. The highest BCUT2D eigenvalue weighted by molar-refractivity contribution is 9.10. The Morgan fingerprint density at radius 2 is 1.70 bits per heavy atom. The van der Waals surface area contributed by atoms with Crippen molar-refractivity contribution in [2.45, 2.75) is 32.0 Å². The molecule has 0 bridgehead atoms. The second kappa shape index (κ2) is 6.42. The molecule has 1 aliphatic rings. The highest BCUT2D eigenvalue weighted by Crippen LogP contribution is 2.24. The average Bonchev–Trinajstić information content (AvgIpc) is 3.29. The fourth-order valence-electron chi connectivity index (χ4n) is 2.10. The van der Waals surface area contributed by atoms with E-state index in [2.05, 4.69) is 39.4 Å². The quantitative estimate of drug-likeness (QED) is 0.852. The Bertz CT molecular complexity index is 581. The first kappa shape index (κ1) is 13.7. The van der Waals surface area contributed by atoms with Gasteiger partial charge in [-0.1, -0.05) is 52.3 Å². The van der Waals surface area contributed by atoms with Crippen LogP contribution in [-0.4, -0.2) is 6.04 Å². The fraction of sp³-hybridized carbons (Fsp3) is 0.294. The van der Waals surface area contributed by atoms with Crippen LogP contribution in [0, 0.1) is 0 Å². The maximum atomic E-state index is 5.99. The molecule has 0 amide bonds. The Labute approximate surface area is 128 Å². The SMILES string of the molecule is Brc1ccccc1COc1ccccc1CNC1CC1. The minimum Gasteiger partial charge on any atom is -0.489 e. The molecule has 0 atom stereocenters. The summed E-state index contributed by atoms with van der Waals surface area (Å²) in [6, 6.07) is 17.1. The van der Waals surface area contributed by atoms with Crippen LogP contribution in [0.25, 0.3) is 0 Å². The van der Waals surface area contributed by atoms with Crippen LogP contribution >= 0.6 is 15.9 Å². The molecule has 2 nitrogen and oxygen atoms in total. The summed E-state index contributed by atoms with van der Waals surface area (Å²) in [5.74, 6) is 0.969. The molecule has 2 aromatic carbocycles. The van der Waals surface area contributed by atoms with Gasteiger partial charge < -0.3 is 10.1 Å². The van der Waals surface area contributed by atoms with Crippen molar-refractivity contribution in [3.05, 3.63) is 64.1 Å². The average molecular weight is 332 g/mol. The lowest BCUT2D eigenvalue weighted by atomic mass is 10.2. The lowest BCUT2D eigenvalue weighted by Crippen LogP contribution is -2.16. The molecule has 0 spiro atoms. The molecule has 1 saturated carbocycles. The van der Waals surface area contributed by atoms with E-state index in [4.69, 9.17) is 4.74 Å². The van der Waals surface area contributed by atoms with Gasteiger partial charge in [-0.15, -0.1) is 0 Å². The molecule has 1 aliphatic carbocycles. The van der Waals surface area contributed by atoms with Crippen LogP contribution in [0.1, 0.15) is 24.0 Å². The first-order chi connectivity index (χ1) is 9.83. The van der Waals surface area contributed by atoms with E-state index in [1.807, 2.05) is 30.3 Å². The summed E-state index contributed by atoms with van der Waals surface area (Å²) in [5.41, 5.74) is 2.39.